The van der Waals surface area contributed by atoms with E-state index in [1.807, 2.05) is 126 Å². The number of aliphatic carboxylic acids is 1. The van der Waals surface area contributed by atoms with Crippen molar-refractivity contribution < 1.29 is 30.0 Å². The van der Waals surface area contributed by atoms with Crippen LogP contribution in [0.4, 0.5) is 0 Å². The van der Waals surface area contributed by atoms with Crippen molar-refractivity contribution in [3.05, 3.63) is 187 Å². The van der Waals surface area contributed by atoms with Gasteiger partial charge in [0.1, 0.15) is 17.2 Å². The molecule has 318 valence electrons. The zero-order chi connectivity index (χ0) is 41.8. The predicted molar refractivity (Wildman–Crippen MR) is 246 cm³/mol. The number of rotatable bonds is 9. The molecular weight excluding hydrogens is 745 g/mol. The van der Waals surface area contributed by atoms with Crippen LogP contribution in [0, 0.1) is 13.8 Å². The van der Waals surface area contributed by atoms with Crippen molar-refractivity contribution in [2.75, 3.05) is 6.61 Å². The van der Waals surface area contributed by atoms with Gasteiger partial charge in [0, 0.05) is 25.7 Å². The molecule has 1 aliphatic rings. The van der Waals surface area contributed by atoms with Gasteiger partial charge in [0.05, 0.1) is 0 Å². The molecule has 0 atom stereocenters. The second-order valence-electron chi connectivity index (χ2n) is 14.7. The van der Waals surface area contributed by atoms with Gasteiger partial charge in [0.2, 0.25) is 0 Å². The lowest BCUT2D eigenvalue weighted by Crippen LogP contribution is -2.13. The first-order chi connectivity index (χ1) is 28.1. The smallest absolute Gasteiger partial charge is 0.341 e. The Bertz CT molecular complexity index is 2200. The van der Waals surface area contributed by atoms with Gasteiger partial charge in [-0.25, -0.2) is 4.79 Å². The fraction of sp³-hybridized carbons (Fsp3) is 0.315. The summed E-state index contributed by atoms with van der Waals surface area (Å²) in [5, 5.41) is 47.7. The second-order valence-corrected chi connectivity index (χ2v) is 14.7. The van der Waals surface area contributed by atoms with Gasteiger partial charge in [-0.05, 0) is 95.2 Å². The third-order valence-electron chi connectivity index (χ3n) is 10.4. The average molecular weight is 810 g/mol. The standard InChI is InChI=1S/C48H46O6.2C2H6.2CH4/c1-30-17-36-25-40-21-34(15-13-32-9-5-3-6-10-32)22-41(47(40)53)26-37-18-31(2)20-39(46(37)52)28-43-24-35(16-14-33-11-7-4-8-12-33)23-42(27-38(19-30)45(36)51)48(43)54-29-44(49)50;2*1-2;;/h3-12,17-24,51-53H,13-16,25-29H2,1-2H3,(H,49,50);2*1-2H3;2*1H4/p-1. The molecule has 60 heavy (non-hydrogen) atoms. The number of aryl methyl sites for hydroxylation is 6. The van der Waals surface area contributed by atoms with Crippen LogP contribution < -0.4 is 9.84 Å². The molecule has 6 heteroatoms. The summed E-state index contributed by atoms with van der Waals surface area (Å²) in [6.07, 6.45) is 4.11. The third kappa shape index (κ3) is 12.3. The van der Waals surface area contributed by atoms with E-state index in [-0.39, 0.29) is 57.8 Å². The SMILES string of the molecule is C.C.CC.CC.Cc1cc2c(O)c(c1)Cc1cc(CCc3ccccc3)cc(c1OCC(=O)O)Cc1cc(C)cc(c1O)Cc1cc(CCc3ccccc3)cc(c1[O-])C2. The zero-order valence-electron chi connectivity index (χ0n) is 34.8. The van der Waals surface area contributed by atoms with Crippen molar-refractivity contribution in [2.24, 2.45) is 0 Å². The molecule has 0 saturated heterocycles. The number of ether oxygens (including phenoxy) is 1. The molecule has 3 N–H and O–H groups in total. The minimum atomic E-state index is -1.10. The van der Waals surface area contributed by atoms with Gasteiger partial charge in [-0.1, -0.05) is 174 Å². The van der Waals surface area contributed by atoms with Crippen LogP contribution in [-0.2, 0) is 56.2 Å². The lowest BCUT2D eigenvalue weighted by molar-refractivity contribution is -0.270. The summed E-state index contributed by atoms with van der Waals surface area (Å²) in [4.78, 5) is 11.9. The maximum atomic E-state index is 14.3. The van der Waals surface area contributed by atoms with Crippen LogP contribution in [-0.4, -0.2) is 27.9 Å². The van der Waals surface area contributed by atoms with E-state index in [0.717, 1.165) is 59.1 Å². The Kier molecular flexibility index (Phi) is 18.5. The maximum Gasteiger partial charge on any atom is 0.341 e. The molecule has 6 aromatic rings. The van der Waals surface area contributed by atoms with Crippen molar-refractivity contribution in [3.63, 3.8) is 0 Å². The van der Waals surface area contributed by atoms with Crippen molar-refractivity contribution in [3.8, 4) is 23.0 Å². The Balaban J connectivity index is 0.00000156. The number of hydrogen-bond acceptors (Lipinski definition) is 5. The molecule has 1 aliphatic carbocycles. The zero-order valence-corrected chi connectivity index (χ0v) is 34.8. The van der Waals surface area contributed by atoms with Crippen LogP contribution >= 0.6 is 0 Å². The van der Waals surface area contributed by atoms with Crippen molar-refractivity contribution >= 4 is 5.97 Å². The summed E-state index contributed by atoms with van der Waals surface area (Å²) in [5.74, 6) is -0.521. The molecule has 7 rings (SSSR count). The Labute approximate surface area is 359 Å². The van der Waals surface area contributed by atoms with Crippen LogP contribution in [0.5, 0.6) is 23.0 Å². The van der Waals surface area contributed by atoms with Crippen LogP contribution in [0.2, 0.25) is 0 Å². The number of hydrogen-bond donors (Lipinski definition) is 3. The average Bonchev–Trinajstić information content (AvgIpc) is 3.22. The van der Waals surface area contributed by atoms with E-state index in [1.54, 1.807) is 0 Å². The molecule has 0 unspecified atom stereocenters. The number of benzene rings is 6. The van der Waals surface area contributed by atoms with Gasteiger partial charge in [-0.2, -0.15) is 0 Å². The van der Waals surface area contributed by atoms with E-state index >= 15 is 0 Å². The molecule has 0 radical (unpaired) electrons. The molecule has 0 fully saturated rings. The summed E-state index contributed by atoms with van der Waals surface area (Å²) < 4.78 is 6.09. The molecule has 0 heterocycles. The van der Waals surface area contributed by atoms with Crippen molar-refractivity contribution in [1.82, 2.24) is 0 Å². The summed E-state index contributed by atoms with van der Waals surface area (Å²) in [7, 11) is 0. The Hall–Kier alpha value is -6.01. The number of carbonyl (C=O) groups is 1. The van der Waals surface area contributed by atoms with Crippen molar-refractivity contribution in [2.45, 2.75) is 108 Å². The fourth-order valence-corrected chi connectivity index (χ4v) is 7.88. The third-order valence-corrected chi connectivity index (χ3v) is 10.4. The number of fused-ring (bicyclic) bond motifs is 8. The first-order valence-corrected chi connectivity index (χ1v) is 20.6. The summed E-state index contributed by atoms with van der Waals surface area (Å²) in [6, 6.07) is 36.3. The number of phenols is 2. The molecule has 0 aromatic heterocycles. The maximum absolute atomic E-state index is 14.3. The monoisotopic (exact) mass is 809 g/mol. The molecule has 0 saturated carbocycles. The lowest BCUT2D eigenvalue weighted by Gasteiger charge is -2.24. The summed E-state index contributed by atoms with van der Waals surface area (Å²) in [5.41, 5.74) is 11.7. The minimum Gasteiger partial charge on any atom is -0.872 e. The van der Waals surface area contributed by atoms with Gasteiger partial charge in [-0.15, -0.1) is 5.75 Å². The molecule has 6 aromatic carbocycles. The summed E-state index contributed by atoms with van der Waals surface area (Å²) in [6.45, 7) is 11.4. The largest absolute Gasteiger partial charge is 0.872 e. The molecular formula is C54H65O6-. The fourth-order valence-electron chi connectivity index (χ4n) is 7.88. The quantitative estimate of drug-likeness (QED) is 0.134. The van der Waals surface area contributed by atoms with E-state index in [1.165, 1.54) is 11.1 Å². The molecule has 0 spiro atoms. The summed E-state index contributed by atoms with van der Waals surface area (Å²) >= 11 is 0. The highest BCUT2D eigenvalue weighted by Crippen LogP contribution is 2.39. The van der Waals surface area contributed by atoms with Gasteiger partial charge >= 0.3 is 5.97 Å². The minimum absolute atomic E-state index is 0. The number of aromatic hydroxyl groups is 2. The van der Waals surface area contributed by atoms with Gasteiger partial charge in [0.25, 0.3) is 0 Å². The van der Waals surface area contributed by atoms with Gasteiger partial charge in [-0.3, -0.25) is 0 Å². The van der Waals surface area contributed by atoms with Crippen LogP contribution in [0.1, 0.15) is 120 Å². The first-order valence-electron chi connectivity index (χ1n) is 20.6. The predicted octanol–water partition coefficient (Wildman–Crippen LogP) is 11.8. The van der Waals surface area contributed by atoms with Gasteiger partial charge < -0.3 is 25.2 Å². The van der Waals surface area contributed by atoms with Crippen molar-refractivity contribution in [1.29, 1.82) is 0 Å². The molecule has 8 bridgehead atoms. The lowest BCUT2D eigenvalue weighted by atomic mass is 9.87. The number of carboxylic acid groups (broad SMARTS) is 1. The topological polar surface area (TPSA) is 110 Å². The van der Waals surface area contributed by atoms with Crippen LogP contribution in [0.15, 0.2) is 109 Å². The highest BCUT2D eigenvalue weighted by molar-refractivity contribution is 5.69. The van der Waals surface area contributed by atoms with E-state index < -0.39 is 12.6 Å². The Morgan fingerprint density at radius 3 is 1.18 bits per heavy atom. The second kappa shape index (κ2) is 23.0. The Morgan fingerprint density at radius 1 is 0.517 bits per heavy atom. The molecule has 0 amide bonds. The van der Waals surface area contributed by atoms with E-state index in [0.29, 0.717) is 39.1 Å². The molecule has 0 aliphatic heterocycles. The Morgan fingerprint density at radius 2 is 0.833 bits per heavy atom. The van der Waals surface area contributed by atoms with Crippen LogP contribution in [0.25, 0.3) is 0 Å². The van der Waals surface area contributed by atoms with Crippen LogP contribution in [0.3, 0.4) is 0 Å². The highest BCUT2D eigenvalue weighted by atomic mass is 16.5. The van der Waals surface area contributed by atoms with Gasteiger partial charge in [0.15, 0.2) is 6.61 Å². The van der Waals surface area contributed by atoms with E-state index in [4.69, 9.17) is 4.74 Å². The van der Waals surface area contributed by atoms with E-state index in [2.05, 4.69) is 24.3 Å². The molecule has 6 nitrogen and oxygen atoms in total. The normalized spacial score (nSPS) is 11.3. The van der Waals surface area contributed by atoms with E-state index in [9.17, 15) is 25.2 Å². The first kappa shape index (κ1) is 48.4. The highest BCUT2D eigenvalue weighted by Gasteiger charge is 2.21. The number of carboxylic acids is 1. The number of phenolic OH excluding ortho intramolecular Hbond substituents is 2.